The minimum absolute atomic E-state index is 0.0267. The van der Waals surface area contributed by atoms with Crippen molar-refractivity contribution >= 4 is 19.7 Å². The van der Waals surface area contributed by atoms with Gasteiger partial charge >= 0.3 is 13.8 Å². The van der Waals surface area contributed by atoms with Crippen molar-refractivity contribution in [1.82, 2.24) is 5.32 Å². The topological polar surface area (TPSA) is 111 Å². The fraction of sp³-hybridized carbons (Fsp3) is 0.676. The summed E-state index contributed by atoms with van der Waals surface area (Å²) >= 11 is 0. The summed E-state index contributed by atoms with van der Waals surface area (Å²) in [5, 5.41) is 3.04. The van der Waals surface area contributed by atoms with Crippen LogP contribution in [0, 0.1) is 0 Å². The molecule has 0 spiro atoms. The van der Waals surface area contributed by atoms with Gasteiger partial charge in [-0.2, -0.15) is 0 Å². The number of allylic oxidation sites excluding steroid dienone is 19. The van der Waals surface area contributed by atoms with Gasteiger partial charge in [-0.25, -0.2) is 4.57 Å². The maximum atomic E-state index is 13.6. The maximum absolute atomic E-state index is 13.6. The molecule has 0 aliphatic rings. The molecule has 3 atom stereocenters. The molecule has 0 bridgehead atoms. The number of nitrogens with one attached hydrogen (secondary N) is 1. The average Bonchev–Trinajstić information content (AvgIpc) is 3.40. The van der Waals surface area contributed by atoms with Crippen LogP contribution in [0.2, 0.25) is 0 Å². The fourth-order valence-corrected chi connectivity index (χ4v) is 9.10. The summed E-state index contributed by atoms with van der Waals surface area (Å²) in [7, 11) is 1.45. The lowest BCUT2D eigenvalue weighted by Gasteiger charge is -2.27. The van der Waals surface area contributed by atoms with Crippen LogP contribution in [0.1, 0.15) is 245 Å². The SMILES string of the molecule is CC/C=C\C/C=C\C/C=C\C/C=C\C/C=C\C/C=C\CCCCCCCCC(=O)NC(COP(=O)(O)OCC[N+](C)(C)C)C(/C=C\CCCCCCCCCCCCC)OC(=O)CCCCCC/C=C/C/C=C/C/C=C/CC. The van der Waals surface area contributed by atoms with Crippen LogP contribution in [0.25, 0.3) is 0 Å². The smallest absolute Gasteiger partial charge is 0.456 e. The molecule has 10 heteroatoms. The molecule has 0 fully saturated rings. The molecule has 0 heterocycles. The van der Waals surface area contributed by atoms with Gasteiger partial charge in [0.2, 0.25) is 5.91 Å². The van der Waals surface area contributed by atoms with E-state index in [9.17, 15) is 19.0 Å². The van der Waals surface area contributed by atoms with Crippen LogP contribution in [-0.4, -0.2) is 74.3 Å². The van der Waals surface area contributed by atoms with Gasteiger partial charge in [0.05, 0.1) is 33.8 Å². The highest BCUT2D eigenvalue weighted by Gasteiger charge is 2.30. The Labute approximate surface area is 480 Å². The molecule has 0 aliphatic carbocycles. The van der Waals surface area contributed by atoms with Gasteiger partial charge in [0.15, 0.2) is 0 Å². The zero-order valence-electron chi connectivity index (χ0n) is 50.9. The van der Waals surface area contributed by atoms with Crippen molar-refractivity contribution in [2.75, 3.05) is 40.9 Å². The number of likely N-dealkylation sites (N-methyl/N-ethyl adjacent to an activating group) is 1. The third kappa shape index (κ3) is 57.1. The molecule has 0 saturated heterocycles. The first kappa shape index (κ1) is 74.4. The molecular formula is C68H118N2O7P+. The van der Waals surface area contributed by atoms with E-state index in [0.717, 1.165) is 148 Å². The van der Waals surface area contributed by atoms with Crippen molar-refractivity contribution in [2.24, 2.45) is 0 Å². The molecule has 0 aliphatic heterocycles. The first-order valence-electron chi connectivity index (χ1n) is 31.4. The number of phosphoric ester groups is 1. The van der Waals surface area contributed by atoms with Crippen LogP contribution in [0.4, 0.5) is 0 Å². The standard InChI is InChI=1S/C68H117N2O7P/c1-7-10-13-16-19-22-25-28-30-31-32-33-34-35-36-37-38-39-40-42-45-48-51-54-57-60-67(71)69-65(64-76-78(73,74)75-63-62-70(4,5)6)66(59-56-53-50-47-44-41-27-24-21-18-15-12-9-3)77-68(72)61-58-55-52-49-46-43-29-26-23-20-17-14-11-8-2/h10-11,13-14,19-20,22-23,28-30,32-33,35-36,38-39,43,56,59,65-66H,7-9,12,15-18,21,24-27,31,34,37,40-42,44-55,57-58,60-64H2,1-6H3,(H-,69,71,73,74)/p+1/b13-10-,14-11+,22-19-,23-20+,30-28-,33-32-,36-35-,39-38-,43-29+,59-56-. The highest BCUT2D eigenvalue weighted by Crippen LogP contribution is 2.43. The minimum Gasteiger partial charge on any atom is -0.456 e. The molecule has 2 N–H and O–H groups in total. The summed E-state index contributed by atoms with van der Waals surface area (Å²) in [4.78, 5) is 37.7. The monoisotopic (exact) mass is 1110 g/mol. The third-order valence-electron chi connectivity index (χ3n) is 13.1. The van der Waals surface area contributed by atoms with Gasteiger partial charge in [-0.1, -0.05) is 239 Å². The number of nitrogens with zero attached hydrogens (tertiary/aromatic N) is 1. The van der Waals surface area contributed by atoms with E-state index >= 15 is 0 Å². The van der Waals surface area contributed by atoms with Crippen molar-refractivity contribution in [1.29, 1.82) is 0 Å². The minimum atomic E-state index is -4.47. The van der Waals surface area contributed by atoms with Crippen LogP contribution in [-0.2, 0) is 27.9 Å². The van der Waals surface area contributed by atoms with E-state index in [4.69, 9.17) is 13.8 Å². The van der Waals surface area contributed by atoms with E-state index in [1.165, 1.54) is 57.8 Å². The van der Waals surface area contributed by atoms with Gasteiger partial charge in [-0.05, 0) is 115 Å². The lowest BCUT2D eigenvalue weighted by Crippen LogP contribution is -2.47. The van der Waals surface area contributed by atoms with Crippen molar-refractivity contribution < 1.29 is 37.3 Å². The number of rotatable bonds is 55. The molecule has 0 aromatic rings. The van der Waals surface area contributed by atoms with Crippen molar-refractivity contribution in [2.45, 2.75) is 258 Å². The number of carbonyl (C=O) groups excluding carboxylic acids is 2. The Morgan fingerprint density at radius 1 is 0.462 bits per heavy atom. The number of hydrogen-bond acceptors (Lipinski definition) is 6. The zero-order chi connectivity index (χ0) is 57.2. The van der Waals surface area contributed by atoms with E-state index in [-0.39, 0.29) is 31.5 Å². The Kier molecular flexibility index (Phi) is 54.1. The van der Waals surface area contributed by atoms with E-state index in [0.29, 0.717) is 23.9 Å². The summed E-state index contributed by atoms with van der Waals surface area (Å²) < 4.78 is 30.7. The Morgan fingerprint density at radius 3 is 1.23 bits per heavy atom. The second-order valence-electron chi connectivity index (χ2n) is 21.8. The van der Waals surface area contributed by atoms with Gasteiger partial charge < -0.3 is 19.4 Å². The second-order valence-corrected chi connectivity index (χ2v) is 23.3. The van der Waals surface area contributed by atoms with Gasteiger partial charge in [0, 0.05) is 12.8 Å². The van der Waals surface area contributed by atoms with Gasteiger partial charge in [0.25, 0.3) is 0 Å². The number of esters is 1. The second kappa shape index (κ2) is 56.7. The van der Waals surface area contributed by atoms with Crippen LogP contribution in [0.5, 0.6) is 0 Å². The van der Waals surface area contributed by atoms with Crippen LogP contribution in [0.15, 0.2) is 122 Å². The maximum Gasteiger partial charge on any atom is 0.472 e. The van der Waals surface area contributed by atoms with E-state index in [1.807, 2.05) is 33.3 Å². The van der Waals surface area contributed by atoms with Crippen molar-refractivity contribution in [3.63, 3.8) is 0 Å². The number of amides is 1. The first-order valence-corrected chi connectivity index (χ1v) is 32.9. The number of hydrogen-bond donors (Lipinski definition) is 2. The quantitative estimate of drug-likeness (QED) is 0.0205. The lowest BCUT2D eigenvalue weighted by molar-refractivity contribution is -0.870. The number of quaternary nitrogens is 1. The van der Waals surface area contributed by atoms with Crippen LogP contribution >= 0.6 is 7.82 Å². The summed E-state index contributed by atoms with van der Waals surface area (Å²) in [5.74, 6) is -0.555. The highest BCUT2D eigenvalue weighted by atomic mass is 31.2. The number of ether oxygens (including phenoxy) is 1. The first-order chi connectivity index (χ1) is 37.9. The molecule has 0 aromatic carbocycles. The zero-order valence-corrected chi connectivity index (χ0v) is 51.8. The van der Waals surface area contributed by atoms with E-state index in [1.54, 1.807) is 0 Å². The molecule has 78 heavy (non-hydrogen) atoms. The van der Waals surface area contributed by atoms with Gasteiger partial charge in [-0.3, -0.25) is 18.6 Å². The molecule has 9 nitrogen and oxygen atoms in total. The Bertz CT molecular complexity index is 1750. The van der Waals surface area contributed by atoms with Crippen molar-refractivity contribution in [3.05, 3.63) is 122 Å². The third-order valence-corrected chi connectivity index (χ3v) is 14.1. The molecule has 0 saturated carbocycles. The average molecular weight is 1110 g/mol. The normalized spacial score (nSPS) is 14.5. The van der Waals surface area contributed by atoms with E-state index in [2.05, 4.69) is 135 Å². The largest absolute Gasteiger partial charge is 0.472 e. The number of carbonyl (C=O) groups is 2. The van der Waals surface area contributed by atoms with Crippen LogP contribution in [0.3, 0.4) is 0 Å². The van der Waals surface area contributed by atoms with Gasteiger partial charge in [0.1, 0.15) is 19.3 Å². The predicted molar refractivity (Wildman–Crippen MR) is 336 cm³/mol. The molecule has 446 valence electrons. The molecule has 1 amide bonds. The Hall–Kier alpha value is -3.59. The molecule has 3 unspecified atom stereocenters. The summed E-state index contributed by atoms with van der Waals surface area (Å²) in [6.45, 7) is 6.74. The summed E-state index contributed by atoms with van der Waals surface area (Å²) in [5.41, 5.74) is 0. The van der Waals surface area contributed by atoms with E-state index < -0.39 is 20.0 Å². The molecule has 0 radical (unpaired) electrons. The highest BCUT2D eigenvalue weighted by molar-refractivity contribution is 7.47. The Balaban J connectivity index is 5.27. The number of phosphoric acid groups is 1. The van der Waals surface area contributed by atoms with Crippen molar-refractivity contribution in [3.8, 4) is 0 Å². The summed E-state index contributed by atoms with van der Waals surface area (Å²) in [6, 6.07) is -0.874. The van der Waals surface area contributed by atoms with Gasteiger partial charge in [-0.15, -0.1) is 0 Å². The summed E-state index contributed by atoms with van der Waals surface area (Å²) in [6.07, 6.45) is 79.1. The lowest BCUT2D eigenvalue weighted by atomic mass is 10.0. The van der Waals surface area contributed by atoms with Crippen LogP contribution < -0.4 is 5.32 Å². The predicted octanol–water partition coefficient (Wildman–Crippen LogP) is 19.5. The fourth-order valence-electron chi connectivity index (χ4n) is 8.37. The Morgan fingerprint density at radius 2 is 0.821 bits per heavy atom. The molecular weight excluding hydrogens is 988 g/mol. The number of unbranched alkanes of at least 4 members (excludes halogenated alkanes) is 21. The molecule has 0 rings (SSSR count). The molecule has 0 aromatic heterocycles.